The second-order valence-corrected chi connectivity index (χ2v) is 8.49. The highest BCUT2D eigenvalue weighted by Gasteiger charge is 2.31. The number of hydrogen-bond acceptors (Lipinski definition) is 6. The van der Waals surface area contributed by atoms with Crippen molar-refractivity contribution in [2.45, 2.75) is 52.2 Å². The molecule has 186 valence electrons. The normalized spacial score (nSPS) is 12.6. The van der Waals surface area contributed by atoms with Crippen molar-refractivity contribution < 1.29 is 42.1 Å². The first-order valence-electron chi connectivity index (χ1n) is 10.5. The molecule has 0 aromatic heterocycles. The number of carbonyl (C=O) groups is 2. The van der Waals surface area contributed by atoms with Gasteiger partial charge < -0.3 is 19.3 Å². The molecule has 0 saturated heterocycles. The summed E-state index contributed by atoms with van der Waals surface area (Å²) in [6, 6.07) is 10.7. The Bertz CT molecular complexity index is 970. The molecular weight excluding hydrogens is 455 g/mol. The van der Waals surface area contributed by atoms with E-state index >= 15 is 0 Å². The quantitative estimate of drug-likeness (QED) is 0.535. The molecule has 1 N–H and O–H groups in total. The first-order chi connectivity index (χ1) is 15.8. The first kappa shape index (κ1) is 27.0. The van der Waals surface area contributed by atoms with Gasteiger partial charge >= 0.3 is 18.2 Å². The topological polar surface area (TPSA) is 85.3 Å². The number of ether oxygens (including phenoxy) is 3. The molecule has 7 nitrogen and oxygen atoms in total. The summed E-state index contributed by atoms with van der Waals surface area (Å²) in [5, 5.41) is 10.5. The van der Waals surface area contributed by atoms with Crippen LogP contribution in [-0.4, -0.2) is 42.0 Å². The Morgan fingerprint density at radius 3 is 2.21 bits per heavy atom. The lowest BCUT2D eigenvalue weighted by atomic mass is 10.1. The molecule has 0 spiro atoms. The van der Waals surface area contributed by atoms with Gasteiger partial charge in [-0.25, -0.2) is 4.79 Å². The maximum Gasteiger partial charge on any atom is 0.416 e. The van der Waals surface area contributed by atoms with Gasteiger partial charge in [0.05, 0.1) is 12.1 Å². The van der Waals surface area contributed by atoms with Crippen molar-refractivity contribution in [2.24, 2.45) is 0 Å². The Morgan fingerprint density at radius 1 is 1.03 bits per heavy atom. The van der Waals surface area contributed by atoms with Gasteiger partial charge in [0.2, 0.25) is 0 Å². The molecule has 0 aliphatic rings. The Balaban J connectivity index is 2.15. The van der Waals surface area contributed by atoms with Crippen LogP contribution in [0.2, 0.25) is 0 Å². The highest BCUT2D eigenvalue weighted by Crippen LogP contribution is 2.31. The number of halogens is 3. The highest BCUT2D eigenvalue weighted by atomic mass is 19.4. The number of rotatable bonds is 8. The van der Waals surface area contributed by atoms with Crippen molar-refractivity contribution >= 4 is 17.7 Å². The smallest absolute Gasteiger partial charge is 0.416 e. The van der Waals surface area contributed by atoms with E-state index in [0.29, 0.717) is 11.3 Å². The molecule has 1 atom stereocenters. The summed E-state index contributed by atoms with van der Waals surface area (Å²) in [4.78, 5) is 24.9. The second kappa shape index (κ2) is 11.2. The minimum atomic E-state index is -4.53. The Kier molecular flexibility index (Phi) is 8.92. The maximum atomic E-state index is 12.9. The summed E-state index contributed by atoms with van der Waals surface area (Å²) in [6.07, 6.45) is -6.57. The number of anilines is 1. The summed E-state index contributed by atoms with van der Waals surface area (Å²) in [5.41, 5.74) is -1.03. The van der Waals surface area contributed by atoms with Crippen LogP contribution < -0.4 is 9.64 Å². The van der Waals surface area contributed by atoms with E-state index in [1.807, 2.05) is 0 Å². The molecule has 0 saturated carbocycles. The molecule has 1 amide bonds. The maximum absolute atomic E-state index is 12.9. The first-order valence-corrected chi connectivity index (χ1v) is 10.5. The standard InChI is InChI=1S/C24H28F3NO6/c1-16(29)32-14-17-7-5-6-8-21(17)33-15-20(30)13-28(22(31)34-23(2,3)4)19-11-9-18(10-12-19)24(25,26)27/h5-12,20,30H,13-15H2,1-4H3. The molecule has 0 heterocycles. The third-order valence-electron chi connectivity index (χ3n) is 4.35. The number of aliphatic hydroxyl groups is 1. The lowest BCUT2D eigenvalue weighted by molar-refractivity contribution is -0.142. The van der Waals surface area contributed by atoms with Crippen LogP contribution in [0.5, 0.6) is 5.75 Å². The zero-order valence-electron chi connectivity index (χ0n) is 19.4. The number of esters is 1. The van der Waals surface area contributed by atoms with Gasteiger partial charge in [0.1, 0.15) is 30.7 Å². The molecule has 0 aliphatic heterocycles. The van der Waals surface area contributed by atoms with Gasteiger partial charge in [-0.2, -0.15) is 13.2 Å². The van der Waals surface area contributed by atoms with Gasteiger partial charge in [-0.1, -0.05) is 18.2 Å². The third kappa shape index (κ3) is 8.58. The predicted molar refractivity (Wildman–Crippen MR) is 118 cm³/mol. The van der Waals surface area contributed by atoms with Gasteiger partial charge in [-0.15, -0.1) is 0 Å². The predicted octanol–water partition coefficient (Wildman–Crippen LogP) is 4.95. The molecule has 2 aromatic carbocycles. The van der Waals surface area contributed by atoms with Gasteiger partial charge in [0.15, 0.2) is 0 Å². The van der Waals surface area contributed by atoms with E-state index in [4.69, 9.17) is 14.2 Å². The summed E-state index contributed by atoms with van der Waals surface area (Å²) in [7, 11) is 0. The number of hydrogen-bond donors (Lipinski definition) is 1. The Hall–Kier alpha value is -3.27. The van der Waals surface area contributed by atoms with E-state index in [1.165, 1.54) is 6.92 Å². The van der Waals surface area contributed by atoms with Crippen LogP contribution in [0.1, 0.15) is 38.8 Å². The summed E-state index contributed by atoms with van der Waals surface area (Å²) >= 11 is 0. The molecule has 0 radical (unpaired) electrons. The monoisotopic (exact) mass is 483 g/mol. The largest absolute Gasteiger partial charge is 0.490 e. The van der Waals surface area contributed by atoms with E-state index in [2.05, 4.69) is 0 Å². The van der Waals surface area contributed by atoms with Crippen molar-refractivity contribution in [1.29, 1.82) is 0 Å². The number of benzene rings is 2. The van der Waals surface area contributed by atoms with E-state index in [0.717, 1.165) is 29.2 Å². The highest BCUT2D eigenvalue weighted by molar-refractivity contribution is 5.88. The van der Waals surface area contributed by atoms with Crippen LogP contribution >= 0.6 is 0 Å². The fraction of sp³-hybridized carbons (Fsp3) is 0.417. The lowest BCUT2D eigenvalue weighted by Crippen LogP contribution is -2.42. The number of para-hydroxylation sites is 1. The zero-order chi connectivity index (χ0) is 25.5. The number of aliphatic hydroxyl groups excluding tert-OH is 1. The SMILES string of the molecule is CC(=O)OCc1ccccc1OCC(O)CN(C(=O)OC(C)(C)C)c1ccc(C(F)(F)F)cc1. The number of alkyl halides is 3. The van der Waals surface area contributed by atoms with Gasteiger partial charge in [0, 0.05) is 18.2 Å². The summed E-state index contributed by atoms with van der Waals surface area (Å²) in [6.45, 7) is 5.67. The van der Waals surface area contributed by atoms with Crippen LogP contribution in [0.3, 0.4) is 0 Å². The molecule has 1 unspecified atom stereocenters. The fourth-order valence-corrected chi connectivity index (χ4v) is 2.83. The van der Waals surface area contributed by atoms with Gasteiger partial charge in [-0.3, -0.25) is 9.69 Å². The summed E-state index contributed by atoms with van der Waals surface area (Å²) in [5.74, 6) is -0.0828. The zero-order valence-corrected chi connectivity index (χ0v) is 19.4. The van der Waals surface area contributed by atoms with Gasteiger partial charge in [0.25, 0.3) is 0 Å². The van der Waals surface area contributed by atoms with Crippen molar-refractivity contribution in [1.82, 2.24) is 0 Å². The van der Waals surface area contributed by atoms with Crippen LogP contribution in [0.4, 0.5) is 23.7 Å². The van der Waals surface area contributed by atoms with Crippen molar-refractivity contribution in [3.8, 4) is 5.75 Å². The van der Waals surface area contributed by atoms with Crippen LogP contribution in [0.15, 0.2) is 48.5 Å². The van der Waals surface area contributed by atoms with Gasteiger partial charge in [-0.05, 0) is 51.1 Å². The minimum absolute atomic E-state index is 0.0167. The second-order valence-electron chi connectivity index (χ2n) is 8.49. The lowest BCUT2D eigenvalue weighted by Gasteiger charge is -2.29. The van der Waals surface area contributed by atoms with E-state index < -0.39 is 35.5 Å². The van der Waals surface area contributed by atoms with Crippen molar-refractivity contribution in [3.05, 3.63) is 59.7 Å². The third-order valence-corrected chi connectivity index (χ3v) is 4.35. The Morgan fingerprint density at radius 2 is 1.65 bits per heavy atom. The number of carbonyl (C=O) groups excluding carboxylic acids is 2. The molecule has 34 heavy (non-hydrogen) atoms. The molecule has 10 heteroatoms. The van der Waals surface area contributed by atoms with Crippen molar-refractivity contribution in [3.63, 3.8) is 0 Å². The average Bonchev–Trinajstić information content (AvgIpc) is 2.73. The molecule has 0 fully saturated rings. The molecule has 2 aromatic rings. The molecule has 0 aliphatic carbocycles. The number of nitrogens with zero attached hydrogens (tertiary/aromatic N) is 1. The van der Waals surface area contributed by atoms with Crippen molar-refractivity contribution in [2.75, 3.05) is 18.1 Å². The summed E-state index contributed by atoms with van der Waals surface area (Å²) < 4.78 is 54.7. The van der Waals surface area contributed by atoms with E-state index in [-0.39, 0.29) is 25.4 Å². The average molecular weight is 483 g/mol. The fourth-order valence-electron chi connectivity index (χ4n) is 2.83. The van der Waals surface area contributed by atoms with Crippen LogP contribution in [-0.2, 0) is 27.1 Å². The number of amides is 1. The Labute approximate surface area is 196 Å². The molecular formula is C24H28F3NO6. The minimum Gasteiger partial charge on any atom is -0.490 e. The van der Waals surface area contributed by atoms with Crippen LogP contribution in [0, 0.1) is 0 Å². The molecule has 2 rings (SSSR count). The van der Waals surface area contributed by atoms with E-state index in [9.17, 15) is 27.9 Å². The molecule has 0 bridgehead atoms. The van der Waals surface area contributed by atoms with E-state index in [1.54, 1.807) is 45.0 Å². The van der Waals surface area contributed by atoms with Crippen LogP contribution in [0.25, 0.3) is 0 Å².